The van der Waals surface area contributed by atoms with Crippen molar-refractivity contribution in [3.05, 3.63) is 142 Å². The Kier molecular flexibility index (Phi) is 38.7. The first-order valence-electron chi connectivity index (χ1n) is 31.9. The zero-order valence-corrected chi connectivity index (χ0v) is 59.2. The monoisotopic (exact) mass is 1450 g/mol. The summed E-state index contributed by atoms with van der Waals surface area (Å²) in [7, 11) is -8.54. The summed E-state index contributed by atoms with van der Waals surface area (Å²) in [4.78, 5) is 113. The number of carbonyl (C=O) groups excluding carboxylic acids is 8. The highest BCUT2D eigenvalue weighted by atomic mass is 32.2. The molecule has 0 saturated heterocycles. The van der Waals surface area contributed by atoms with Crippen molar-refractivity contribution in [3.63, 3.8) is 0 Å². The van der Waals surface area contributed by atoms with Crippen molar-refractivity contribution in [3.8, 4) is 0 Å². The van der Waals surface area contributed by atoms with Crippen molar-refractivity contribution in [1.29, 1.82) is 0 Å². The van der Waals surface area contributed by atoms with Crippen LogP contribution in [0, 0.1) is 5.92 Å². The fourth-order valence-corrected chi connectivity index (χ4v) is 13.1. The summed E-state index contributed by atoms with van der Waals surface area (Å²) < 4.78 is 103. The molecule has 3 amide bonds. The van der Waals surface area contributed by atoms with E-state index in [9.17, 15) is 64.9 Å². The van der Waals surface area contributed by atoms with E-state index in [1.165, 1.54) is 0 Å². The molecule has 0 aromatic heterocycles. The zero-order chi connectivity index (χ0) is 74.4. The number of para-hydroxylation sites is 2. The second-order valence-electron chi connectivity index (χ2n) is 24.3. The number of carboxylic acid groups (broad SMARTS) is 2. The highest BCUT2D eigenvalue weighted by molar-refractivity contribution is 7.85. The number of allylic oxidation sites excluding steroid dienone is 8. The van der Waals surface area contributed by atoms with E-state index in [2.05, 4.69) is 89.6 Å². The van der Waals surface area contributed by atoms with Crippen molar-refractivity contribution in [2.75, 3.05) is 36.0 Å². The Morgan fingerprint density at radius 3 is 1.90 bits per heavy atom. The Bertz CT molecular complexity index is 3750. The number of fused-ring (bicyclic) bond motifs is 2. The minimum Gasteiger partial charge on any atom is -0.748 e. The van der Waals surface area contributed by atoms with Gasteiger partial charge in [-0.05, 0) is 137 Å². The van der Waals surface area contributed by atoms with Crippen LogP contribution in [0.1, 0.15) is 160 Å². The van der Waals surface area contributed by atoms with Gasteiger partial charge in [0.15, 0.2) is 11.5 Å². The SMILES string of the molecule is CCCNC(=O)N[C@@H](CCC(=O)CCCCC(=O)N[C@@H](Cc1ccccc1)C(=O)CC(CCC1=C(C=CC2=[N+](CCCCS(=O)(=O)O)c3ccccc3C2(C)C)CCCC1=CC=C1N(CCCCS(=O)(=O)[O-])c2ccccc2C1(C)C)C(=O)O)C(=O)O.O=C=O.O=C=O.O=S=O.O=S=O. The van der Waals surface area contributed by atoms with Crippen LogP contribution in [0.5, 0.6) is 0 Å². The van der Waals surface area contributed by atoms with Gasteiger partial charge >= 0.3 is 53.4 Å². The third-order valence-electron chi connectivity index (χ3n) is 16.7. The molecule has 0 saturated carbocycles. The van der Waals surface area contributed by atoms with Gasteiger partial charge in [-0.15, -0.1) is 0 Å². The van der Waals surface area contributed by atoms with Gasteiger partial charge in [0.25, 0.3) is 10.1 Å². The molecular formula is C68H87N5O22S4. The Balaban J connectivity index is 0.00000258. The second kappa shape index (κ2) is 44.4. The summed E-state index contributed by atoms with van der Waals surface area (Å²) >= 11 is -1.50. The lowest BCUT2D eigenvalue weighted by atomic mass is 9.79. The number of amides is 3. The third kappa shape index (κ3) is 30.1. The average molecular weight is 1450 g/mol. The Hall–Kier alpha value is -8.67. The first-order chi connectivity index (χ1) is 46.9. The number of rotatable bonds is 35. The molecular weight excluding hydrogens is 1370 g/mol. The summed E-state index contributed by atoms with van der Waals surface area (Å²) in [6.07, 6.45) is 13.6. The highest BCUT2D eigenvalue weighted by Gasteiger charge is 2.44. The van der Waals surface area contributed by atoms with Crippen LogP contribution in [0.3, 0.4) is 0 Å². The Labute approximate surface area is 583 Å². The highest BCUT2D eigenvalue weighted by Crippen LogP contribution is 2.48. The maximum atomic E-state index is 14.5. The zero-order valence-electron chi connectivity index (χ0n) is 55.9. The number of nitrogens with one attached hydrogen (secondary N) is 3. The lowest BCUT2D eigenvalue weighted by Gasteiger charge is -2.28. The summed E-state index contributed by atoms with van der Waals surface area (Å²) in [5.41, 5.74) is 8.80. The number of carbonyl (C=O) groups is 6. The van der Waals surface area contributed by atoms with Crippen molar-refractivity contribution < 1.29 is 106 Å². The van der Waals surface area contributed by atoms with Crippen LogP contribution in [-0.4, -0.2) is 154 Å². The largest absolute Gasteiger partial charge is 0.748 e. The number of aliphatic carboxylic acids is 2. The van der Waals surface area contributed by atoms with Crippen molar-refractivity contribution in [1.82, 2.24) is 16.0 Å². The maximum absolute atomic E-state index is 14.5. The van der Waals surface area contributed by atoms with E-state index in [0.717, 1.165) is 62.6 Å². The first kappa shape index (κ1) is 86.4. The fourth-order valence-electron chi connectivity index (χ4n) is 12.0. The standard InChI is InChI=1S/C66H87N5O14S2.2CO2.2O2S/c1-6-39-67-64(79)69-54(63(77)78)36-34-50(72)25-10-15-30-61(74)68-55(44-46-21-8-7-9-22-46)58(73)45-49(62(75)76)31-35-51-47(32-37-59-65(2,3)52-26-11-13-28-56(52)70(59)40-16-18-42-86(80,81)82)23-20-24-48(51)33-38-60-66(4,5)53-27-12-14-29-57(53)71(60)41-17-19-43-87(83,84)85;2*2-1-3;2*1-3-2/h7-9,11-14,21-22,26-29,32-33,37-38,49,54-55H,6,10,15-20,23-25,30-31,34-36,39-45H2,1-5H3,(H6-,67,68,69,74,75,76,77,78,79,80,81,82,83,84,85);;;;/t49?,54-,55-;;;;/m0..../s1. The van der Waals surface area contributed by atoms with E-state index in [-0.39, 0.29) is 94.5 Å². The molecule has 31 heteroatoms. The Morgan fingerprint density at radius 1 is 0.697 bits per heavy atom. The van der Waals surface area contributed by atoms with E-state index < -0.39 is 108 Å². The molecule has 99 heavy (non-hydrogen) atoms. The molecule has 1 aliphatic carbocycles. The number of urea groups is 1. The molecule has 0 radical (unpaired) electrons. The molecule has 3 atom stereocenters. The number of hydrogen-bond donors (Lipinski definition) is 6. The molecule has 0 bridgehead atoms. The molecule has 3 aromatic rings. The van der Waals surface area contributed by atoms with Crippen LogP contribution < -0.4 is 20.9 Å². The van der Waals surface area contributed by atoms with Crippen LogP contribution in [0.4, 0.5) is 16.2 Å². The predicted octanol–water partition coefficient (Wildman–Crippen LogP) is 7.43. The summed E-state index contributed by atoms with van der Waals surface area (Å²) in [5.74, 6) is -5.52. The van der Waals surface area contributed by atoms with Gasteiger partial charge in [-0.2, -0.15) is 49.0 Å². The molecule has 1 unspecified atom stereocenters. The molecule has 2 heterocycles. The molecule has 3 aromatic carbocycles. The molecule has 6 N–H and O–H groups in total. The van der Waals surface area contributed by atoms with E-state index in [1.54, 1.807) is 0 Å². The molecule has 540 valence electrons. The van der Waals surface area contributed by atoms with Crippen LogP contribution in [-0.2, 0) is 104 Å². The van der Waals surface area contributed by atoms with E-state index in [1.807, 2.05) is 73.7 Å². The van der Waals surface area contributed by atoms with Gasteiger partial charge in [0.1, 0.15) is 18.4 Å². The number of carboxylic acids is 2. The number of benzene rings is 3. The number of anilines is 1. The van der Waals surface area contributed by atoms with Crippen molar-refractivity contribution in [2.24, 2.45) is 5.92 Å². The molecule has 0 spiro atoms. The molecule has 6 rings (SSSR count). The molecule has 0 fully saturated rings. The van der Waals surface area contributed by atoms with Gasteiger partial charge in [0.05, 0.1) is 33.2 Å². The number of hydrogen-bond acceptors (Lipinski definition) is 20. The van der Waals surface area contributed by atoms with Gasteiger partial charge in [0.2, 0.25) is 11.6 Å². The lowest BCUT2D eigenvalue weighted by molar-refractivity contribution is -0.438. The smallest absolute Gasteiger partial charge is 0.373 e. The molecule has 3 aliphatic rings. The summed E-state index contributed by atoms with van der Waals surface area (Å²) in [5, 5.41) is 28.3. The van der Waals surface area contributed by atoms with Crippen molar-refractivity contribution in [2.45, 2.75) is 173 Å². The van der Waals surface area contributed by atoms with Gasteiger partial charge < -0.3 is 35.6 Å². The van der Waals surface area contributed by atoms with E-state index >= 15 is 0 Å². The predicted molar refractivity (Wildman–Crippen MR) is 363 cm³/mol. The van der Waals surface area contributed by atoms with Crippen LogP contribution in [0.2, 0.25) is 0 Å². The van der Waals surface area contributed by atoms with Gasteiger partial charge in [-0.25, -0.2) is 18.0 Å². The summed E-state index contributed by atoms with van der Waals surface area (Å²) in [6.45, 7) is 11.7. The number of nitrogens with zero attached hydrogens (tertiary/aromatic N) is 2. The molecule has 2 aliphatic heterocycles. The number of ketones is 2. The third-order valence-corrected chi connectivity index (χ3v) is 18.3. The van der Waals surface area contributed by atoms with Gasteiger partial charge in [-0.3, -0.25) is 23.7 Å². The quantitative estimate of drug-likeness (QED) is 0.0189. The average Bonchev–Trinajstić information content (AvgIpc) is 1.61. The van der Waals surface area contributed by atoms with Crippen molar-refractivity contribution >= 4 is 108 Å². The van der Waals surface area contributed by atoms with Gasteiger partial charge in [0, 0.05) is 85.5 Å². The lowest BCUT2D eigenvalue weighted by Crippen LogP contribution is -2.46. The molecule has 27 nitrogen and oxygen atoms in total. The number of unbranched alkanes of at least 4 members (excludes halogenated alkanes) is 3. The van der Waals surface area contributed by atoms with Gasteiger partial charge in [-0.1, -0.05) is 99.7 Å². The van der Waals surface area contributed by atoms with Crippen LogP contribution in [0.15, 0.2) is 126 Å². The second-order valence-corrected chi connectivity index (χ2v) is 27.7. The van der Waals surface area contributed by atoms with E-state index in [4.69, 9.17) is 36.0 Å². The minimum atomic E-state index is -4.39. The normalized spacial score (nSPS) is 15.8. The van der Waals surface area contributed by atoms with Crippen LogP contribution >= 0.6 is 0 Å². The minimum absolute atomic E-state index is 0.0260. The Morgan fingerprint density at radius 2 is 1.29 bits per heavy atom. The van der Waals surface area contributed by atoms with E-state index in [0.29, 0.717) is 58.2 Å². The fraction of sp³-hybridized carbons (Fsp3) is 0.485. The maximum Gasteiger partial charge on any atom is 0.373 e. The topological polar surface area (TPSA) is 433 Å². The number of Topliss-reactive ketones (excluding diaryl/α,β-unsaturated/α-hetero) is 2. The summed E-state index contributed by atoms with van der Waals surface area (Å²) in [6, 6.07) is 22.2. The first-order valence-corrected chi connectivity index (χ1v) is 36.4. The van der Waals surface area contributed by atoms with Crippen LogP contribution in [0.25, 0.3) is 0 Å².